The zero-order valence-electron chi connectivity index (χ0n) is 12.8. The molecule has 0 N–H and O–H groups in total. The van der Waals surface area contributed by atoms with Gasteiger partial charge in [0.2, 0.25) is 5.91 Å². The lowest BCUT2D eigenvalue weighted by Crippen LogP contribution is -2.51. The van der Waals surface area contributed by atoms with Crippen molar-refractivity contribution in [2.75, 3.05) is 36.2 Å². The molecule has 2 aliphatic rings. The zero-order valence-corrected chi connectivity index (χ0v) is 14.5. The molecule has 0 saturated carbocycles. The minimum Gasteiger partial charge on any atom is -0.445 e. The van der Waals surface area contributed by atoms with E-state index in [9.17, 15) is 9.59 Å². The number of hydrogen-bond donors (Lipinski definition) is 0. The Bertz CT molecular complexity index is 550. The maximum Gasteiger partial charge on any atom is 0.411 e. The summed E-state index contributed by atoms with van der Waals surface area (Å²) >= 11 is 3.47. The summed E-state index contributed by atoms with van der Waals surface area (Å²) in [5, 5.41) is 0. The van der Waals surface area contributed by atoms with Gasteiger partial charge < -0.3 is 9.64 Å². The maximum atomic E-state index is 12.6. The van der Waals surface area contributed by atoms with E-state index in [0.29, 0.717) is 11.6 Å². The van der Waals surface area contributed by atoms with Crippen LogP contribution in [0.1, 0.15) is 5.56 Å². The Morgan fingerprint density at radius 1 is 1.13 bits per heavy atom. The molecule has 2 amide bonds. The van der Waals surface area contributed by atoms with Gasteiger partial charge in [-0.1, -0.05) is 30.3 Å². The first-order chi connectivity index (χ1) is 11.3. The van der Waals surface area contributed by atoms with Crippen LogP contribution in [0.4, 0.5) is 4.79 Å². The molecule has 1 atom stereocenters. The quantitative estimate of drug-likeness (QED) is 0.835. The summed E-state index contributed by atoms with van der Waals surface area (Å²) in [6.45, 7) is 1.79. The van der Waals surface area contributed by atoms with Gasteiger partial charge in [0.15, 0.2) is 0 Å². The molecule has 1 aromatic rings. The van der Waals surface area contributed by atoms with E-state index in [1.54, 1.807) is 16.7 Å². The topological polar surface area (TPSA) is 49.9 Å². The van der Waals surface area contributed by atoms with Gasteiger partial charge in [-0.3, -0.25) is 9.69 Å². The van der Waals surface area contributed by atoms with Gasteiger partial charge in [-0.15, -0.1) is 11.8 Å². The lowest BCUT2D eigenvalue weighted by atomic mass is 10.2. The van der Waals surface area contributed by atoms with Crippen LogP contribution in [0.3, 0.4) is 0 Å². The number of benzene rings is 1. The van der Waals surface area contributed by atoms with Crippen LogP contribution >= 0.6 is 23.5 Å². The fourth-order valence-electron chi connectivity index (χ4n) is 2.62. The summed E-state index contributed by atoms with van der Waals surface area (Å²) in [5.74, 6) is 3.19. The Morgan fingerprint density at radius 3 is 2.61 bits per heavy atom. The number of nitrogens with zero attached hydrogens (tertiary/aromatic N) is 2. The normalized spacial score (nSPS) is 21.3. The molecule has 1 aromatic carbocycles. The molecule has 0 aliphatic carbocycles. The molecule has 2 heterocycles. The van der Waals surface area contributed by atoms with E-state index in [1.165, 1.54) is 0 Å². The van der Waals surface area contributed by atoms with Crippen LogP contribution in [0.25, 0.3) is 0 Å². The van der Waals surface area contributed by atoms with E-state index in [-0.39, 0.29) is 18.6 Å². The molecule has 0 unspecified atom stereocenters. The molecule has 124 valence electrons. The molecule has 2 aliphatic heterocycles. The zero-order chi connectivity index (χ0) is 16.1. The van der Waals surface area contributed by atoms with Crippen LogP contribution in [0, 0.1) is 0 Å². The molecule has 2 saturated heterocycles. The number of amides is 2. The number of hydrogen-bond acceptors (Lipinski definition) is 5. The van der Waals surface area contributed by atoms with E-state index in [1.807, 2.05) is 47.0 Å². The average molecular weight is 352 g/mol. The Morgan fingerprint density at radius 2 is 1.87 bits per heavy atom. The van der Waals surface area contributed by atoms with E-state index in [2.05, 4.69) is 0 Å². The van der Waals surface area contributed by atoms with Crippen molar-refractivity contribution in [2.24, 2.45) is 0 Å². The molecule has 0 bridgehead atoms. The van der Waals surface area contributed by atoms with Gasteiger partial charge in [0, 0.05) is 30.3 Å². The standard InChI is InChI=1S/C16H20N2O3S2/c19-15(17-6-8-22-9-7-17)14-11-23-12-18(14)16(20)21-10-13-4-2-1-3-5-13/h1-5,14H,6-12H2/t14-/m0/s1. The lowest BCUT2D eigenvalue weighted by Gasteiger charge is -2.31. The van der Waals surface area contributed by atoms with Crippen LogP contribution in [-0.2, 0) is 16.1 Å². The van der Waals surface area contributed by atoms with E-state index in [0.717, 1.165) is 30.2 Å². The van der Waals surface area contributed by atoms with Gasteiger partial charge in [-0.2, -0.15) is 11.8 Å². The lowest BCUT2D eigenvalue weighted by molar-refractivity contribution is -0.134. The third-order valence-electron chi connectivity index (χ3n) is 3.93. The van der Waals surface area contributed by atoms with Gasteiger partial charge in [0.05, 0.1) is 5.88 Å². The molecular formula is C16H20N2O3S2. The first-order valence-electron chi connectivity index (χ1n) is 7.67. The van der Waals surface area contributed by atoms with Crippen molar-refractivity contribution in [2.45, 2.75) is 12.6 Å². The largest absolute Gasteiger partial charge is 0.445 e. The maximum absolute atomic E-state index is 12.6. The van der Waals surface area contributed by atoms with Crippen molar-refractivity contribution in [3.05, 3.63) is 35.9 Å². The van der Waals surface area contributed by atoms with Crippen LogP contribution < -0.4 is 0 Å². The smallest absolute Gasteiger partial charge is 0.411 e. The summed E-state index contributed by atoms with van der Waals surface area (Å²) in [7, 11) is 0. The second-order valence-corrected chi connectivity index (χ2v) is 7.69. The molecule has 5 nitrogen and oxygen atoms in total. The predicted octanol–water partition coefficient (Wildman–Crippen LogP) is 2.27. The third kappa shape index (κ3) is 4.14. The van der Waals surface area contributed by atoms with Crippen LogP contribution in [-0.4, -0.2) is 64.1 Å². The summed E-state index contributed by atoms with van der Waals surface area (Å²) in [6.07, 6.45) is -0.399. The van der Waals surface area contributed by atoms with E-state index >= 15 is 0 Å². The highest BCUT2D eigenvalue weighted by atomic mass is 32.2. The highest BCUT2D eigenvalue weighted by molar-refractivity contribution is 7.99. The molecule has 0 spiro atoms. The highest BCUT2D eigenvalue weighted by Crippen LogP contribution is 2.24. The summed E-state index contributed by atoms with van der Waals surface area (Å²) in [5.41, 5.74) is 0.948. The van der Waals surface area contributed by atoms with Crippen molar-refractivity contribution in [3.8, 4) is 0 Å². The molecule has 0 radical (unpaired) electrons. The summed E-state index contributed by atoms with van der Waals surface area (Å²) in [4.78, 5) is 28.4. The average Bonchev–Trinajstić information content (AvgIpc) is 3.10. The monoisotopic (exact) mass is 352 g/mol. The number of thioether (sulfide) groups is 2. The van der Waals surface area contributed by atoms with E-state index < -0.39 is 6.09 Å². The third-order valence-corrected chi connectivity index (χ3v) is 5.88. The Balaban J connectivity index is 1.57. The van der Waals surface area contributed by atoms with Crippen molar-refractivity contribution < 1.29 is 14.3 Å². The molecule has 23 heavy (non-hydrogen) atoms. The first-order valence-corrected chi connectivity index (χ1v) is 9.98. The molecule has 0 aromatic heterocycles. The highest BCUT2D eigenvalue weighted by Gasteiger charge is 2.38. The molecule has 3 rings (SSSR count). The van der Waals surface area contributed by atoms with Gasteiger partial charge in [0.1, 0.15) is 12.6 Å². The fourth-order valence-corrected chi connectivity index (χ4v) is 4.66. The fraction of sp³-hybridized carbons (Fsp3) is 0.500. The minimum absolute atomic E-state index is 0.0620. The summed E-state index contributed by atoms with van der Waals surface area (Å²) in [6, 6.07) is 9.20. The first kappa shape index (κ1) is 16.5. The van der Waals surface area contributed by atoms with Crippen molar-refractivity contribution in [1.82, 2.24) is 9.80 Å². The Hall–Kier alpha value is -1.34. The predicted molar refractivity (Wildman–Crippen MR) is 93.5 cm³/mol. The summed E-state index contributed by atoms with van der Waals surface area (Å²) < 4.78 is 5.38. The SMILES string of the molecule is O=C([C@@H]1CSCN1C(=O)OCc1ccccc1)N1CCSCC1. The van der Waals surface area contributed by atoms with Crippen molar-refractivity contribution in [1.29, 1.82) is 0 Å². The number of carbonyl (C=O) groups excluding carboxylic acids is 2. The molecular weight excluding hydrogens is 332 g/mol. The van der Waals surface area contributed by atoms with Crippen molar-refractivity contribution >= 4 is 35.5 Å². The van der Waals surface area contributed by atoms with Gasteiger partial charge in [-0.25, -0.2) is 4.79 Å². The van der Waals surface area contributed by atoms with E-state index in [4.69, 9.17) is 4.74 Å². The Kier molecular flexibility index (Phi) is 5.72. The van der Waals surface area contributed by atoms with Gasteiger partial charge in [0.25, 0.3) is 0 Å². The van der Waals surface area contributed by atoms with Gasteiger partial charge in [-0.05, 0) is 5.56 Å². The van der Waals surface area contributed by atoms with Crippen LogP contribution in [0.15, 0.2) is 30.3 Å². The second kappa shape index (κ2) is 7.97. The van der Waals surface area contributed by atoms with Gasteiger partial charge >= 0.3 is 6.09 Å². The van der Waals surface area contributed by atoms with Crippen LogP contribution in [0.2, 0.25) is 0 Å². The Labute approximate surface area is 144 Å². The number of rotatable bonds is 3. The number of ether oxygens (including phenoxy) is 1. The minimum atomic E-state index is -0.399. The number of carbonyl (C=O) groups is 2. The molecule has 2 fully saturated rings. The van der Waals surface area contributed by atoms with Crippen molar-refractivity contribution in [3.63, 3.8) is 0 Å². The second-order valence-electron chi connectivity index (χ2n) is 5.46. The molecule has 7 heteroatoms. The van der Waals surface area contributed by atoms with Crippen LogP contribution in [0.5, 0.6) is 0 Å².